The van der Waals surface area contributed by atoms with E-state index < -0.39 is 0 Å². The van der Waals surface area contributed by atoms with E-state index in [1.54, 1.807) is 0 Å². The number of benzene rings is 2. The fourth-order valence-corrected chi connectivity index (χ4v) is 12.5. The summed E-state index contributed by atoms with van der Waals surface area (Å²) >= 11 is 0. The fourth-order valence-electron chi connectivity index (χ4n) is 12.5. The molecule has 2 nitrogen and oxygen atoms in total. The van der Waals surface area contributed by atoms with E-state index in [0.717, 1.165) is 74.2 Å². The zero-order chi connectivity index (χ0) is 60.8. The van der Waals surface area contributed by atoms with E-state index in [1.165, 1.54) is 350 Å². The van der Waals surface area contributed by atoms with Crippen molar-refractivity contribution in [1.82, 2.24) is 0 Å². The molecule has 2 aromatic carbocycles. The van der Waals surface area contributed by atoms with Gasteiger partial charge in [0.25, 0.3) is 0 Å². The van der Waals surface area contributed by atoms with Crippen LogP contribution in [0.3, 0.4) is 0 Å². The second-order valence-electron chi connectivity index (χ2n) is 26.7. The second kappa shape index (κ2) is 63.9. The van der Waals surface area contributed by atoms with Crippen LogP contribution in [-0.2, 0) is 42.2 Å². The third kappa shape index (κ3) is 50.2. The van der Waals surface area contributed by atoms with Gasteiger partial charge in [-0.1, -0.05) is 367 Å². The topological polar surface area (TPSA) is 24.7 Å². The van der Waals surface area contributed by atoms with E-state index in [9.17, 15) is 0 Å². The van der Waals surface area contributed by atoms with E-state index in [4.69, 9.17) is 9.98 Å². The monoisotopic (exact) mass is 1230 g/mol. The fraction of sp³-hybridized carbons (Fsp3) is 0.783. The third-order valence-corrected chi connectivity index (χ3v) is 18.0. The zero-order valence-electron chi connectivity index (χ0n) is 58.4. The van der Waals surface area contributed by atoms with Crippen LogP contribution in [0, 0.1) is 23.7 Å². The molecule has 86 heavy (non-hydrogen) atoms. The van der Waals surface area contributed by atoms with Gasteiger partial charge in [0.05, 0.1) is 11.4 Å². The molecule has 0 bridgehead atoms. The van der Waals surface area contributed by atoms with Gasteiger partial charge in [0.1, 0.15) is 11.4 Å². The molecule has 0 saturated heterocycles. The number of hydrogen-bond donors (Lipinski definition) is 0. The first-order chi connectivity index (χ1) is 42.1. The van der Waals surface area contributed by atoms with Crippen molar-refractivity contribution < 1.29 is 16.5 Å². The van der Waals surface area contributed by atoms with Crippen LogP contribution in [0.2, 0.25) is 0 Å². The summed E-state index contributed by atoms with van der Waals surface area (Å²) in [6, 6.07) is 14.3. The number of aliphatic imine (C=N–C) groups is 2. The molecule has 0 aromatic heterocycles. The summed E-state index contributed by atoms with van der Waals surface area (Å²) < 4.78 is 0. The Bertz CT molecular complexity index is 1930. The molecule has 0 heterocycles. The molecule has 0 aliphatic heterocycles. The van der Waals surface area contributed by atoms with Crippen molar-refractivity contribution in [2.75, 3.05) is 0 Å². The van der Waals surface area contributed by atoms with Crippen molar-refractivity contribution in [3.63, 3.8) is 0 Å². The maximum absolute atomic E-state index is 5.54. The summed E-state index contributed by atoms with van der Waals surface area (Å²) in [6.45, 7) is 13.9. The largest absolute Gasteiger partial charge is 0.237 e. The number of rotatable bonds is 60. The molecule has 0 amide bonds. The number of unbranched alkanes of at least 4 members (excludes halogenated alkanes) is 49. The van der Waals surface area contributed by atoms with Gasteiger partial charge in [0, 0.05) is 29.3 Å². The van der Waals surface area contributed by atoms with Gasteiger partial charge >= 0.3 is 0 Å². The van der Waals surface area contributed by atoms with Crippen LogP contribution in [0.1, 0.15) is 417 Å². The van der Waals surface area contributed by atoms with E-state index >= 15 is 0 Å². The van der Waals surface area contributed by atoms with Crippen molar-refractivity contribution in [3.8, 4) is 23.7 Å². The van der Waals surface area contributed by atoms with Crippen molar-refractivity contribution in [2.45, 2.75) is 420 Å². The van der Waals surface area contributed by atoms with Crippen molar-refractivity contribution in [2.24, 2.45) is 9.98 Å². The van der Waals surface area contributed by atoms with E-state index in [2.05, 4.69) is 102 Å². The Morgan fingerprint density at radius 3 is 0.605 bits per heavy atom. The number of nitrogens with zero attached hydrogens (tertiary/aromatic N) is 2. The van der Waals surface area contributed by atoms with Crippen LogP contribution in [0.15, 0.2) is 46.4 Å². The molecular formula is C83H142N2Ni. The van der Waals surface area contributed by atoms with Crippen LogP contribution < -0.4 is 0 Å². The Kier molecular flexibility index (Phi) is 60.5. The summed E-state index contributed by atoms with van der Waals surface area (Å²) in [5.74, 6) is 14.7. The molecule has 3 heteroatoms. The molecule has 0 aliphatic rings. The first-order valence-corrected chi connectivity index (χ1v) is 38.5. The first kappa shape index (κ1) is 81.4. The number of hydrogen-bond acceptors (Lipinski definition) is 2. The van der Waals surface area contributed by atoms with E-state index in [-0.39, 0.29) is 16.5 Å². The van der Waals surface area contributed by atoms with Gasteiger partial charge < -0.3 is 0 Å². The molecule has 0 unspecified atom stereocenters. The van der Waals surface area contributed by atoms with Crippen molar-refractivity contribution in [1.29, 1.82) is 0 Å². The van der Waals surface area contributed by atoms with Gasteiger partial charge in [-0.05, 0) is 123 Å². The zero-order valence-corrected chi connectivity index (χ0v) is 59.4. The van der Waals surface area contributed by atoms with Gasteiger partial charge in [-0.25, -0.2) is 9.98 Å². The predicted octanol–water partition coefficient (Wildman–Crippen LogP) is 28.3. The normalized spacial score (nSPS) is 11.7. The van der Waals surface area contributed by atoms with E-state index in [0.29, 0.717) is 0 Å². The molecule has 0 spiro atoms. The molecule has 494 valence electrons. The molecule has 0 N–H and O–H groups in total. The smallest absolute Gasteiger partial charge is 0.148 e. The van der Waals surface area contributed by atoms with Crippen LogP contribution >= 0.6 is 0 Å². The minimum absolute atomic E-state index is 0. The predicted molar refractivity (Wildman–Crippen MR) is 385 cm³/mol. The van der Waals surface area contributed by atoms with Crippen LogP contribution in [0.5, 0.6) is 0 Å². The molecular weight excluding hydrogens is 1080 g/mol. The molecule has 2 aromatic rings. The molecule has 0 radical (unpaired) electrons. The first-order valence-electron chi connectivity index (χ1n) is 38.5. The maximum Gasteiger partial charge on any atom is 0.148 e. The summed E-state index contributed by atoms with van der Waals surface area (Å²) in [4.78, 5) is 11.1. The Hall–Kier alpha value is -2.61. The van der Waals surface area contributed by atoms with Crippen LogP contribution in [0.25, 0.3) is 0 Å². The van der Waals surface area contributed by atoms with Gasteiger partial charge in [-0.15, -0.1) is 0 Å². The molecule has 2 rings (SSSR count). The summed E-state index contributed by atoms with van der Waals surface area (Å²) in [5, 5.41) is 0. The maximum atomic E-state index is 5.54. The molecule has 0 saturated carbocycles. The summed E-state index contributed by atoms with van der Waals surface area (Å²) in [5.41, 5.74) is 9.21. The quantitative estimate of drug-likeness (QED) is 0.0273. The van der Waals surface area contributed by atoms with Gasteiger partial charge in [0.2, 0.25) is 0 Å². The Balaban J connectivity index is 0.0000370. The van der Waals surface area contributed by atoms with Gasteiger partial charge in [-0.3, -0.25) is 0 Å². The van der Waals surface area contributed by atoms with Gasteiger partial charge in [-0.2, -0.15) is 0 Å². The molecule has 0 aliphatic carbocycles. The SMILES string of the molecule is CCCCCCCCCCCCCCCCCCCCC#CC(=N\c1cc(CCCCC)cc(CCCCC)c1)/C(C#CCCCCCCCCCCCCCCCCCCCCCCCCC)=N/c1cc(CCCCC)cc(CCCCC)c1.[Ni]. The van der Waals surface area contributed by atoms with Crippen molar-refractivity contribution in [3.05, 3.63) is 58.7 Å². The molecule has 0 fully saturated rings. The van der Waals surface area contributed by atoms with Crippen LogP contribution in [-0.4, -0.2) is 11.4 Å². The average Bonchev–Trinajstić information content (AvgIpc) is 3.42. The molecule has 0 atom stereocenters. The van der Waals surface area contributed by atoms with Crippen LogP contribution in [0.4, 0.5) is 11.4 Å². The average molecular weight is 1230 g/mol. The minimum atomic E-state index is 0. The number of aryl methyl sites for hydroxylation is 4. The summed E-state index contributed by atoms with van der Waals surface area (Å²) in [6.07, 6.45) is 78.6. The van der Waals surface area contributed by atoms with Gasteiger partial charge in [0.15, 0.2) is 0 Å². The Morgan fingerprint density at radius 2 is 0.407 bits per heavy atom. The Labute approximate surface area is 548 Å². The Morgan fingerprint density at radius 1 is 0.233 bits per heavy atom. The van der Waals surface area contributed by atoms with Crippen molar-refractivity contribution >= 4 is 22.8 Å². The van der Waals surface area contributed by atoms with E-state index in [1.807, 2.05) is 0 Å². The second-order valence-corrected chi connectivity index (χ2v) is 26.7. The minimum Gasteiger partial charge on any atom is -0.237 e. The summed E-state index contributed by atoms with van der Waals surface area (Å²) in [7, 11) is 0. The standard InChI is InChI=1S/C83H142N2.Ni/c1-7-13-19-21-23-25-27-29-31-33-35-37-38-39-40-41-43-45-47-49-51-53-55-57-63-69-83(85-81-74-78(66-60-17-11-5)71-79(75-81)67-61-18-12-6)82(84-80-72-76(64-58-15-9-3)70-77(73-80)65-59-16-10-4)68-62-56-54-52-50-48-46-44-42-36-34-32-30-28-26-24-22-20-14-8-2;/h70-75H,7-61,64-67H2,1-6H3;/b84-82+,85-83+;. The third-order valence-electron chi connectivity index (χ3n) is 18.0.